The number of aromatic amines is 2. The van der Waals surface area contributed by atoms with Crippen LogP contribution in [0.5, 0.6) is 0 Å². The lowest BCUT2D eigenvalue weighted by molar-refractivity contribution is 0.00657. The van der Waals surface area contributed by atoms with Gasteiger partial charge in [0.1, 0.15) is 17.0 Å². The van der Waals surface area contributed by atoms with Crippen molar-refractivity contribution in [3.05, 3.63) is 51.8 Å². The Balaban J connectivity index is 1.89. The number of halogens is 1. The summed E-state index contributed by atoms with van der Waals surface area (Å²) in [7, 11) is 0. The highest BCUT2D eigenvalue weighted by molar-refractivity contribution is 6.06. The van der Waals surface area contributed by atoms with Gasteiger partial charge in [-0.2, -0.15) is 5.10 Å². The van der Waals surface area contributed by atoms with Crippen LogP contribution < -0.4 is 11.3 Å². The van der Waals surface area contributed by atoms with Gasteiger partial charge in [-0.25, -0.2) is 9.37 Å². The fraction of sp³-hybridized carbons (Fsp3) is 0.211. The van der Waals surface area contributed by atoms with E-state index >= 15 is 0 Å². The van der Waals surface area contributed by atoms with E-state index in [4.69, 9.17) is 15.5 Å². The van der Waals surface area contributed by atoms with Crippen molar-refractivity contribution in [1.82, 2.24) is 20.2 Å². The monoisotopic (exact) mass is 365 g/mol. The van der Waals surface area contributed by atoms with Crippen LogP contribution in [0, 0.1) is 12.7 Å². The maximum atomic E-state index is 14.1. The van der Waals surface area contributed by atoms with Gasteiger partial charge < -0.3 is 15.5 Å². The Morgan fingerprint density at radius 1 is 1.33 bits per heavy atom. The molecule has 0 aliphatic carbocycles. The molecule has 27 heavy (non-hydrogen) atoms. The van der Waals surface area contributed by atoms with Crippen LogP contribution in [-0.2, 0) is 4.74 Å². The molecule has 1 aliphatic heterocycles. The van der Waals surface area contributed by atoms with Gasteiger partial charge in [-0.15, -0.1) is 0 Å². The Kier molecular flexibility index (Phi) is 3.32. The minimum Gasteiger partial charge on any atom is -0.394 e. The van der Waals surface area contributed by atoms with Crippen LogP contribution in [0.2, 0.25) is 0 Å². The van der Waals surface area contributed by atoms with E-state index in [2.05, 4.69) is 15.2 Å². The number of anilines is 1. The number of aromatic nitrogens is 4. The first-order valence-electron chi connectivity index (χ1n) is 8.57. The number of nitrogens with zero attached hydrogens (tertiary/aromatic N) is 2. The number of rotatable bonds is 2. The predicted molar refractivity (Wildman–Crippen MR) is 100 cm³/mol. The number of H-pyrrole nitrogens is 2. The standard InChI is InChI=1S/C19H16FN5O2/c1-8-4-13-18(24-16(8)9-6-27-7-9)14(15(21)19(26)23-13)10-2-3-12(20)17-11(10)5-22-25-17/h2-5,9H,6-7,21H2,1H3,(H,22,25)(H,23,26). The van der Waals surface area contributed by atoms with Gasteiger partial charge in [0, 0.05) is 16.9 Å². The maximum absolute atomic E-state index is 14.1. The zero-order valence-electron chi connectivity index (χ0n) is 14.5. The smallest absolute Gasteiger partial charge is 0.272 e. The van der Waals surface area contributed by atoms with Gasteiger partial charge in [-0.3, -0.25) is 9.89 Å². The van der Waals surface area contributed by atoms with Crippen molar-refractivity contribution in [3.8, 4) is 11.1 Å². The van der Waals surface area contributed by atoms with Crippen molar-refractivity contribution in [3.63, 3.8) is 0 Å². The fourth-order valence-corrected chi connectivity index (χ4v) is 3.64. The zero-order chi connectivity index (χ0) is 18.7. The minimum absolute atomic E-state index is 0.0452. The third-order valence-corrected chi connectivity index (χ3v) is 5.11. The molecule has 0 unspecified atom stereocenters. The fourth-order valence-electron chi connectivity index (χ4n) is 3.64. The summed E-state index contributed by atoms with van der Waals surface area (Å²) in [6.45, 7) is 3.20. The molecule has 8 heteroatoms. The van der Waals surface area contributed by atoms with Crippen molar-refractivity contribution in [1.29, 1.82) is 0 Å². The third-order valence-electron chi connectivity index (χ3n) is 5.11. The second-order valence-electron chi connectivity index (χ2n) is 6.82. The average molecular weight is 365 g/mol. The molecule has 136 valence electrons. The Hall–Kier alpha value is -3.26. The Labute approximate surface area is 152 Å². The molecule has 0 radical (unpaired) electrons. The summed E-state index contributed by atoms with van der Waals surface area (Å²) in [5, 5.41) is 7.13. The SMILES string of the molecule is Cc1cc2[nH]c(=O)c(N)c(-c3ccc(F)c4[nH]ncc34)c2nc1C1COC1. The molecule has 4 aromatic rings. The molecule has 7 nitrogen and oxygen atoms in total. The van der Waals surface area contributed by atoms with Crippen molar-refractivity contribution in [2.24, 2.45) is 0 Å². The molecule has 3 aromatic heterocycles. The minimum atomic E-state index is -0.421. The number of hydrogen-bond donors (Lipinski definition) is 3. The Bertz CT molecular complexity index is 1270. The molecule has 1 aliphatic rings. The van der Waals surface area contributed by atoms with Gasteiger partial charge in [0.25, 0.3) is 5.56 Å². The summed E-state index contributed by atoms with van der Waals surface area (Å²) in [5.41, 5.74) is 10.2. The lowest BCUT2D eigenvalue weighted by Gasteiger charge is -2.27. The number of nitrogens with one attached hydrogen (secondary N) is 2. The predicted octanol–water partition coefficient (Wildman–Crippen LogP) is 2.61. The van der Waals surface area contributed by atoms with Gasteiger partial charge in [-0.05, 0) is 30.2 Å². The van der Waals surface area contributed by atoms with E-state index in [-0.39, 0.29) is 17.1 Å². The van der Waals surface area contributed by atoms with Crippen molar-refractivity contribution < 1.29 is 9.13 Å². The topological polar surface area (TPSA) is 110 Å². The summed E-state index contributed by atoms with van der Waals surface area (Å²) < 4.78 is 19.4. The molecular formula is C19H16FN5O2. The average Bonchev–Trinajstić information content (AvgIpc) is 3.08. The summed E-state index contributed by atoms with van der Waals surface area (Å²) >= 11 is 0. The van der Waals surface area contributed by atoms with Gasteiger partial charge in [0.2, 0.25) is 0 Å². The Morgan fingerprint density at radius 2 is 2.15 bits per heavy atom. The van der Waals surface area contributed by atoms with Crippen LogP contribution in [0.25, 0.3) is 33.1 Å². The molecule has 4 N–H and O–H groups in total. The highest BCUT2D eigenvalue weighted by Gasteiger charge is 2.26. The van der Waals surface area contributed by atoms with E-state index in [0.29, 0.717) is 40.8 Å². The molecule has 1 saturated heterocycles. The molecule has 0 spiro atoms. The summed E-state index contributed by atoms with van der Waals surface area (Å²) in [4.78, 5) is 20.1. The quantitative estimate of drug-likeness (QED) is 0.506. The van der Waals surface area contributed by atoms with Gasteiger partial charge in [-0.1, -0.05) is 6.07 Å². The molecule has 4 heterocycles. The molecular weight excluding hydrogens is 349 g/mol. The first kappa shape index (κ1) is 16.0. The molecule has 1 fully saturated rings. The van der Waals surface area contributed by atoms with Crippen molar-refractivity contribution >= 4 is 27.6 Å². The van der Waals surface area contributed by atoms with E-state index < -0.39 is 11.4 Å². The molecule has 0 atom stereocenters. The number of ether oxygens (including phenoxy) is 1. The van der Waals surface area contributed by atoms with E-state index in [1.165, 1.54) is 12.3 Å². The highest BCUT2D eigenvalue weighted by Crippen LogP contribution is 2.37. The maximum Gasteiger partial charge on any atom is 0.272 e. The third kappa shape index (κ3) is 2.26. The van der Waals surface area contributed by atoms with E-state index in [1.807, 2.05) is 13.0 Å². The lowest BCUT2D eigenvalue weighted by Crippen LogP contribution is -2.27. The Morgan fingerprint density at radius 3 is 2.89 bits per heavy atom. The summed E-state index contributed by atoms with van der Waals surface area (Å²) in [5.74, 6) is -0.201. The van der Waals surface area contributed by atoms with Crippen LogP contribution in [0.3, 0.4) is 0 Å². The van der Waals surface area contributed by atoms with Crippen LogP contribution in [-0.4, -0.2) is 33.4 Å². The molecule has 5 rings (SSSR count). The van der Waals surface area contributed by atoms with E-state index in [0.717, 1.165) is 11.3 Å². The second-order valence-corrected chi connectivity index (χ2v) is 6.82. The number of fused-ring (bicyclic) bond motifs is 2. The number of nitrogen functional groups attached to an aromatic ring is 1. The number of pyridine rings is 2. The summed E-state index contributed by atoms with van der Waals surface area (Å²) in [6, 6.07) is 4.83. The van der Waals surface area contributed by atoms with Crippen molar-refractivity contribution in [2.45, 2.75) is 12.8 Å². The van der Waals surface area contributed by atoms with Gasteiger partial charge in [0.05, 0.1) is 36.1 Å². The van der Waals surface area contributed by atoms with Crippen LogP contribution >= 0.6 is 0 Å². The van der Waals surface area contributed by atoms with Crippen LogP contribution in [0.15, 0.2) is 29.2 Å². The molecule has 0 amide bonds. The van der Waals surface area contributed by atoms with E-state index in [1.54, 1.807) is 6.07 Å². The van der Waals surface area contributed by atoms with E-state index in [9.17, 15) is 9.18 Å². The lowest BCUT2D eigenvalue weighted by atomic mass is 9.95. The van der Waals surface area contributed by atoms with Gasteiger partial charge >= 0.3 is 0 Å². The first-order valence-corrected chi connectivity index (χ1v) is 8.57. The normalized spacial score (nSPS) is 14.7. The van der Waals surface area contributed by atoms with Crippen molar-refractivity contribution in [2.75, 3.05) is 18.9 Å². The first-order chi connectivity index (χ1) is 13.0. The van der Waals surface area contributed by atoms with Crippen LogP contribution in [0.1, 0.15) is 17.2 Å². The van der Waals surface area contributed by atoms with Crippen LogP contribution in [0.4, 0.5) is 10.1 Å². The zero-order valence-corrected chi connectivity index (χ0v) is 14.5. The number of nitrogens with two attached hydrogens (primary N) is 1. The number of aryl methyl sites for hydroxylation is 1. The molecule has 0 saturated carbocycles. The summed E-state index contributed by atoms with van der Waals surface area (Å²) in [6.07, 6.45) is 1.52. The number of hydrogen-bond acceptors (Lipinski definition) is 5. The molecule has 1 aromatic carbocycles. The molecule has 0 bridgehead atoms. The highest BCUT2D eigenvalue weighted by atomic mass is 19.1. The second kappa shape index (κ2) is 5.62. The number of benzene rings is 1. The largest absolute Gasteiger partial charge is 0.394 e. The van der Waals surface area contributed by atoms with Gasteiger partial charge in [0.15, 0.2) is 0 Å².